The lowest BCUT2D eigenvalue weighted by Gasteiger charge is -2.17. The van der Waals surface area contributed by atoms with Crippen LogP contribution in [0.1, 0.15) is 29.6 Å². The van der Waals surface area contributed by atoms with E-state index in [1.165, 1.54) is 6.20 Å². The summed E-state index contributed by atoms with van der Waals surface area (Å²) in [4.78, 5) is 27.7. The monoisotopic (exact) mass is 290 g/mol. The standard InChI is InChI=1S/C15H22N4O2/c16-9-11-3-1-5-13(11)15(21)19-8-7-18-14(20)12-4-2-6-17-10-12/h2,4,6,10-11,13H,1,3,5,7-9,16H2,(H,18,20)(H,19,21)/t11-,13-/m1/s1. The van der Waals surface area contributed by atoms with Crippen LogP contribution < -0.4 is 16.4 Å². The number of pyridine rings is 1. The highest BCUT2D eigenvalue weighted by atomic mass is 16.2. The Hall–Kier alpha value is -1.95. The van der Waals surface area contributed by atoms with Crippen LogP contribution in [0.2, 0.25) is 0 Å². The second-order valence-corrected chi connectivity index (χ2v) is 5.32. The maximum Gasteiger partial charge on any atom is 0.252 e. The zero-order valence-corrected chi connectivity index (χ0v) is 12.0. The number of aromatic nitrogens is 1. The van der Waals surface area contributed by atoms with Crippen LogP contribution >= 0.6 is 0 Å². The third-order valence-corrected chi connectivity index (χ3v) is 3.93. The van der Waals surface area contributed by atoms with E-state index in [0.717, 1.165) is 19.3 Å². The van der Waals surface area contributed by atoms with Gasteiger partial charge < -0.3 is 16.4 Å². The molecule has 0 spiro atoms. The Labute approximate surface area is 124 Å². The van der Waals surface area contributed by atoms with Crippen LogP contribution in [0.4, 0.5) is 0 Å². The van der Waals surface area contributed by atoms with E-state index in [4.69, 9.17) is 5.73 Å². The molecule has 21 heavy (non-hydrogen) atoms. The van der Waals surface area contributed by atoms with E-state index in [0.29, 0.717) is 31.1 Å². The van der Waals surface area contributed by atoms with Crippen molar-refractivity contribution in [1.29, 1.82) is 0 Å². The van der Waals surface area contributed by atoms with E-state index in [-0.39, 0.29) is 17.7 Å². The van der Waals surface area contributed by atoms with Crippen molar-refractivity contribution in [2.24, 2.45) is 17.6 Å². The molecule has 2 rings (SSSR count). The first-order chi connectivity index (χ1) is 10.2. The van der Waals surface area contributed by atoms with Crippen LogP contribution in [-0.2, 0) is 4.79 Å². The summed E-state index contributed by atoms with van der Waals surface area (Å²) in [6, 6.07) is 3.41. The molecule has 6 heteroatoms. The summed E-state index contributed by atoms with van der Waals surface area (Å²) in [5.41, 5.74) is 6.19. The number of nitrogens with one attached hydrogen (secondary N) is 2. The first-order valence-corrected chi connectivity index (χ1v) is 7.38. The molecule has 2 atom stereocenters. The van der Waals surface area contributed by atoms with Gasteiger partial charge in [-0.1, -0.05) is 6.42 Å². The second kappa shape index (κ2) is 7.73. The Morgan fingerprint density at radius 2 is 2.10 bits per heavy atom. The van der Waals surface area contributed by atoms with Crippen LogP contribution in [0.15, 0.2) is 24.5 Å². The minimum absolute atomic E-state index is 0.0315. The van der Waals surface area contributed by atoms with Gasteiger partial charge in [0.2, 0.25) is 5.91 Å². The maximum absolute atomic E-state index is 12.0. The molecule has 0 aliphatic heterocycles. The summed E-state index contributed by atoms with van der Waals surface area (Å²) >= 11 is 0. The van der Waals surface area contributed by atoms with Gasteiger partial charge in [-0.25, -0.2) is 0 Å². The van der Waals surface area contributed by atoms with E-state index in [1.54, 1.807) is 18.3 Å². The smallest absolute Gasteiger partial charge is 0.252 e. The van der Waals surface area contributed by atoms with E-state index in [9.17, 15) is 9.59 Å². The summed E-state index contributed by atoms with van der Waals surface area (Å²) in [5.74, 6) is 0.204. The Morgan fingerprint density at radius 1 is 1.29 bits per heavy atom. The lowest BCUT2D eigenvalue weighted by atomic mass is 9.95. The first-order valence-electron chi connectivity index (χ1n) is 7.38. The zero-order chi connectivity index (χ0) is 15.1. The summed E-state index contributed by atoms with van der Waals surface area (Å²) in [7, 11) is 0. The molecule has 0 aromatic carbocycles. The van der Waals surface area contributed by atoms with Gasteiger partial charge >= 0.3 is 0 Å². The zero-order valence-electron chi connectivity index (χ0n) is 12.0. The van der Waals surface area contributed by atoms with Gasteiger partial charge in [-0.05, 0) is 37.4 Å². The molecule has 1 aromatic rings. The fourth-order valence-corrected chi connectivity index (χ4v) is 2.76. The molecule has 6 nitrogen and oxygen atoms in total. The minimum Gasteiger partial charge on any atom is -0.354 e. The third kappa shape index (κ3) is 4.26. The normalized spacial score (nSPS) is 21.0. The predicted octanol–water partition coefficient (Wildman–Crippen LogP) is 0.303. The van der Waals surface area contributed by atoms with E-state index in [2.05, 4.69) is 15.6 Å². The molecule has 1 aliphatic rings. The third-order valence-electron chi connectivity index (χ3n) is 3.93. The second-order valence-electron chi connectivity index (χ2n) is 5.32. The Balaban J connectivity index is 1.68. The van der Waals surface area contributed by atoms with Crippen LogP contribution in [0.3, 0.4) is 0 Å². The van der Waals surface area contributed by atoms with Crippen molar-refractivity contribution in [2.45, 2.75) is 19.3 Å². The highest BCUT2D eigenvalue weighted by Crippen LogP contribution is 2.30. The van der Waals surface area contributed by atoms with Crippen molar-refractivity contribution >= 4 is 11.8 Å². The number of nitrogens with zero attached hydrogens (tertiary/aromatic N) is 1. The molecule has 4 N–H and O–H groups in total. The number of carbonyl (C=O) groups is 2. The molecule has 1 saturated carbocycles. The molecule has 0 radical (unpaired) electrons. The highest BCUT2D eigenvalue weighted by molar-refractivity contribution is 5.93. The summed E-state index contributed by atoms with van der Waals surface area (Å²) < 4.78 is 0. The van der Waals surface area contributed by atoms with Crippen molar-refractivity contribution in [3.05, 3.63) is 30.1 Å². The van der Waals surface area contributed by atoms with E-state index < -0.39 is 0 Å². The molecule has 1 aliphatic carbocycles. The highest BCUT2D eigenvalue weighted by Gasteiger charge is 2.31. The molecular weight excluding hydrogens is 268 g/mol. The molecule has 2 amide bonds. The van der Waals surface area contributed by atoms with Gasteiger partial charge in [0.25, 0.3) is 5.91 Å². The summed E-state index contributed by atoms with van der Waals surface area (Å²) in [5, 5.41) is 5.62. The average molecular weight is 290 g/mol. The van der Waals surface area contributed by atoms with Gasteiger partial charge in [0.1, 0.15) is 0 Å². The Bertz CT molecular complexity index is 478. The number of rotatable bonds is 6. The minimum atomic E-state index is -0.182. The van der Waals surface area contributed by atoms with Gasteiger partial charge in [0, 0.05) is 31.4 Å². The molecule has 0 bridgehead atoms. The molecule has 1 aromatic heterocycles. The largest absolute Gasteiger partial charge is 0.354 e. The Morgan fingerprint density at radius 3 is 2.81 bits per heavy atom. The fraction of sp³-hybridized carbons (Fsp3) is 0.533. The van der Waals surface area contributed by atoms with Crippen molar-refractivity contribution in [3.8, 4) is 0 Å². The van der Waals surface area contributed by atoms with Gasteiger partial charge in [0.15, 0.2) is 0 Å². The van der Waals surface area contributed by atoms with Crippen LogP contribution in [0.25, 0.3) is 0 Å². The predicted molar refractivity (Wildman–Crippen MR) is 79.5 cm³/mol. The van der Waals surface area contributed by atoms with Crippen molar-refractivity contribution < 1.29 is 9.59 Å². The topological polar surface area (TPSA) is 97.1 Å². The molecule has 1 fully saturated rings. The molecule has 1 heterocycles. The number of amides is 2. The fourth-order valence-electron chi connectivity index (χ4n) is 2.76. The lowest BCUT2D eigenvalue weighted by molar-refractivity contribution is -0.125. The average Bonchev–Trinajstić information content (AvgIpc) is 3.00. The maximum atomic E-state index is 12.0. The summed E-state index contributed by atoms with van der Waals surface area (Å²) in [6.45, 7) is 1.40. The summed E-state index contributed by atoms with van der Waals surface area (Å²) in [6.07, 6.45) is 6.14. The number of carbonyl (C=O) groups excluding carboxylic acids is 2. The van der Waals surface area contributed by atoms with Crippen molar-refractivity contribution in [2.75, 3.05) is 19.6 Å². The Kier molecular flexibility index (Phi) is 5.68. The molecule has 0 unspecified atom stereocenters. The quantitative estimate of drug-likeness (QED) is 0.657. The van der Waals surface area contributed by atoms with Crippen LogP contribution in [0.5, 0.6) is 0 Å². The number of nitrogens with two attached hydrogens (primary N) is 1. The van der Waals surface area contributed by atoms with Crippen LogP contribution in [-0.4, -0.2) is 36.4 Å². The first kappa shape index (κ1) is 15.4. The van der Waals surface area contributed by atoms with Crippen molar-refractivity contribution in [3.63, 3.8) is 0 Å². The molecule has 0 saturated heterocycles. The number of hydrogen-bond donors (Lipinski definition) is 3. The van der Waals surface area contributed by atoms with Crippen molar-refractivity contribution in [1.82, 2.24) is 15.6 Å². The lowest BCUT2D eigenvalue weighted by Crippen LogP contribution is -2.39. The van der Waals surface area contributed by atoms with Gasteiger partial charge in [0.05, 0.1) is 5.56 Å². The SMILES string of the molecule is NC[C@H]1CCC[C@H]1C(=O)NCCNC(=O)c1cccnc1. The van der Waals surface area contributed by atoms with Crippen LogP contribution in [0, 0.1) is 11.8 Å². The molecule has 114 valence electrons. The van der Waals surface area contributed by atoms with Gasteiger partial charge in [-0.2, -0.15) is 0 Å². The molecular formula is C15H22N4O2. The number of hydrogen-bond acceptors (Lipinski definition) is 4. The van der Waals surface area contributed by atoms with Gasteiger partial charge in [-0.3, -0.25) is 14.6 Å². The van der Waals surface area contributed by atoms with E-state index >= 15 is 0 Å². The van der Waals surface area contributed by atoms with E-state index in [1.807, 2.05) is 0 Å². The van der Waals surface area contributed by atoms with Gasteiger partial charge in [-0.15, -0.1) is 0 Å².